The van der Waals surface area contributed by atoms with Crippen molar-refractivity contribution in [2.24, 2.45) is 0 Å². The fourth-order valence-corrected chi connectivity index (χ4v) is 2.84. The Morgan fingerprint density at radius 2 is 1.84 bits per heavy atom. The van der Waals surface area contributed by atoms with Crippen molar-refractivity contribution in [2.45, 2.75) is 26.4 Å². The van der Waals surface area contributed by atoms with E-state index >= 15 is 0 Å². The van der Waals surface area contributed by atoms with Gasteiger partial charge in [-0.1, -0.05) is 18.2 Å². The topological polar surface area (TPSA) is 25.2 Å². The number of hydrogen-bond acceptors (Lipinski definition) is 1. The molecule has 1 aromatic carbocycles. The van der Waals surface area contributed by atoms with Crippen molar-refractivity contribution in [3.63, 3.8) is 0 Å². The molecular weight excluding hydrogens is 236 g/mol. The van der Waals surface area contributed by atoms with Gasteiger partial charge in [-0.25, -0.2) is 0 Å². The molecule has 0 saturated carbocycles. The van der Waals surface area contributed by atoms with Crippen molar-refractivity contribution >= 4 is 5.91 Å². The van der Waals surface area contributed by atoms with Gasteiger partial charge in [-0.3, -0.25) is 4.79 Å². The molecule has 0 bridgehead atoms. The third-order valence-corrected chi connectivity index (χ3v) is 3.97. The Balaban J connectivity index is 1.90. The zero-order valence-corrected chi connectivity index (χ0v) is 11.3. The van der Waals surface area contributed by atoms with Crippen molar-refractivity contribution in [1.82, 2.24) is 9.47 Å². The van der Waals surface area contributed by atoms with E-state index in [2.05, 4.69) is 30.5 Å². The van der Waals surface area contributed by atoms with Gasteiger partial charge in [-0.05, 0) is 38.1 Å². The lowest BCUT2D eigenvalue weighted by molar-refractivity contribution is 0.0643. The molecule has 0 fully saturated rings. The van der Waals surface area contributed by atoms with Crippen LogP contribution in [0, 0.1) is 6.92 Å². The van der Waals surface area contributed by atoms with Gasteiger partial charge < -0.3 is 9.47 Å². The number of amides is 1. The minimum absolute atomic E-state index is 0.123. The molecule has 0 N–H and O–H groups in total. The summed E-state index contributed by atoms with van der Waals surface area (Å²) in [6.45, 7) is 5.88. The lowest BCUT2D eigenvalue weighted by Gasteiger charge is -2.35. The van der Waals surface area contributed by atoms with Crippen LogP contribution in [-0.4, -0.2) is 21.9 Å². The first kappa shape index (κ1) is 12.0. The Morgan fingerprint density at radius 3 is 2.58 bits per heavy atom. The first-order valence-electron chi connectivity index (χ1n) is 6.70. The van der Waals surface area contributed by atoms with Gasteiger partial charge in [-0.2, -0.15) is 0 Å². The molecule has 2 heterocycles. The Hall–Kier alpha value is -2.03. The van der Waals surface area contributed by atoms with Crippen LogP contribution in [0.15, 0.2) is 42.5 Å². The van der Waals surface area contributed by atoms with E-state index in [1.165, 1.54) is 11.4 Å². The third-order valence-electron chi connectivity index (χ3n) is 3.97. The first-order valence-corrected chi connectivity index (χ1v) is 6.70. The zero-order chi connectivity index (χ0) is 13.4. The highest BCUT2D eigenvalue weighted by molar-refractivity contribution is 5.94. The van der Waals surface area contributed by atoms with E-state index in [0.717, 1.165) is 18.7 Å². The van der Waals surface area contributed by atoms with Gasteiger partial charge in [0.25, 0.3) is 5.91 Å². The lowest BCUT2D eigenvalue weighted by atomic mass is 10.1. The van der Waals surface area contributed by atoms with E-state index in [9.17, 15) is 4.79 Å². The smallest absolute Gasteiger partial charge is 0.254 e. The van der Waals surface area contributed by atoms with Gasteiger partial charge >= 0.3 is 0 Å². The van der Waals surface area contributed by atoms with Crippen LogP contribution in [0.2, 0.25) is 0 Å². The molecule has 0 radical (unpaired) electrons. The minimum atomic E-state index is 0.123. The van der Waals surface area contributed by atoms with Crippen LogP contribution in [0.1, 0.15) is 34.7 Å². The predicted octanol–water partition coefficient (Wildman–Crippen LogP) is 3.01. The van der Waals surface area contributed by atoms with Crippen LogP contribution in [0.25, 0.3) is 0 Å². The molecule has 1 atom stereocenters. The molecule has 1 unspecified atom stereocenters. The van der Waals surface area contributed by atoms with Crippen LogP contribution >= 0.6 is 0 Å². The lowest BCUT2D eigenvalue weighted by Crippen LogP contribution is -2.41. The fraction of sp³-hybridized carbons (Fsp3) is 0.312. The molecular formula is C16H18N2O. The number of nitrogens with zero attached hydrogens (tertiary/aromatic N) is 2. The molecule has 1 aliphatic heterocycles. The van der Waals surface area contributed by atoms with E-state index in [1.54, 1.807) is 0 Å². The zero-order valence-electron chi connectivity index (χ0n) is 11.3. The Labute approximate surface area is 113 Å². The second-order valence-corrected chi connectivity index (χ2v) is 5.09. The summed E-state index contributed by atoms with van der Waals surface area (Å²) in [7, 11) is 0. The first-order chi connectivity index (χ1) is 9.18. The highest BCUT2D eigenvalue weighted by Crippen LogP contribution is 2.28. The summed E-state index contributed by atoms with van der Waals surface area (Å²) >= 11 is 0. The average Bonchev–Trinajstić information content (AvgIpc) is 2.82. The van der Waals surface area contributed by atoms with E-state index < -0.39 is 0 Å². The summed E-state index contributed by atoms with van der Waals surface area (Å²) in [4.78, 5) is 14.5. The molecule has 0 spiro atoms. The summed E-state index contributed by atoms with van der Waals surface area (Å²) in [5.41, 5.74) is 3.27. The van der Waals surface area contributed by atoms with E-state index in [1.807, 2.05) is 35.2 Å². The van der Waals surface area contributed by atoms with Gasteiger partial charge in [0.15, 0.2) is 0 Å². The van der Waals surface area contributed by atoms with E-state index in [-0.39, 0.29) is 11.9 Å². The van der Waals surface area contributed by atoms with E-state index in [4.69, 9.17) is 0 Å². The number of rotatable bonds is 1. The van der Waals surface area contributed by atoms with Crippen molar-refractivity contribution < 1.29 is 4.79 Å². The molecule has 0 saturated heterocycles. The second kappa shape index (κ2) is 4.57. The summed E-state index contributed by atoms with van der Waals surface area (Å²) < 4.78 is 2.30. The maximum Gasteiger partial charge on any atom is 0.254 e. The number of aryl methyl sites for hydroxylation is 1. The van der Waals surface area contributed by atoms with Crippen LogP contribution in [0.4, 0.5) is 0 Å². The SMILES string of the molecule is Cc1ccc2n1CCN(C(=O)c1ccccc1)C2C. The Morgan fingerprint density at radius 1 is 1.11 bits per heavy atom. The predicted molar refractivity (Wildman–Crippen MR) is 75.1 cm³/mol. The van der Waals surface area contributed by atoms with Crippen molar-refractivity contribution in [3.05, 3.63) is 59.4 Å². The van der Waals surface area contributed by atoms with Gasteiger partial charge in [0.2, 0.25) is 0 Å². The Bertz CT molecular complexity index is 600. The maximum atomic E-state index is 12.5. The van der Waals surface area contributed by atoms with Crippen molar-refractivity contribution in [3.8, 4) is 0 Å². The van der Waals surface area contributed by atoms with Gasteiger partial charge in [0, 0.05) is 30.0 Å². The third kappa shape index (κ3) is 1.95. The highest BCUT2D eigenvalue weighted by Gasteiger charge is 2.28. The van der Waals surface area contributed by atoms with E-state index in [0.29, 0.717) is 0 Å². The fourth-order valence-electron chi connectivity index (χ4n) is 2.84. The number of benzene rings is 1. The second-order valence-electron chi connectivity index (χ2n) is 5.09. The largest absolute Gasteiger partial charge is 0.345 e. The summed E-state index contributed by atoms with van der Waals surface area (Å²) in [5, 5.41) is 0. The molecule has 3 rings (SSSR count). The van der Waals surface area contributed by atoms with Crippen LogP contribution in [0.3, 0.4) is 0 Å². The Kier molecular flexibility index (Phi) is 2.90. The monoisotopic (exact) mass is 254 g/mol. The molecule has 1 aromatic heterocycles. The van der Waals surface area contributed by atoms with Crippen molar-refractivity contribution in [1.29, 1.82) is 0 Å². The van der Waals surface area contributed by atoms with Gasteiger partial charge in [-0.15, -0.1) is 0 Å². The molecule has 3 heteroatoms. The number of carbonyl (C=O) groups excluding carboxylic acids is 1. The molecule has 1 aliphatic rings. The van der Waals surface area contributed by atoms with Gasteiger partial charge in [0.05, 0.1) is 6.04 Å². The standard InChI is InChI=1S/C16H18N2O/c1-12-8-9-15-13(2)18(11-10-17(12)15)16(19)14-6-4-3-5-7-14/h3-9,13H,10-11H2,1-2H3. The summed E-state index contributed by atoms with van der Waals surface area (Å²) in [6.07, 6.45) is 0. The molecule has 0 aliphatic carbocycles. The summed E-state index contributed by atoms with van der Waals surface area (Å²) in [6, 6.07) is 13.9. The molecule has 3 nitrogen and oxygen atoms in total. The molecule has 2 aromatic rings. The summed E-state index contributed by atoms with van der Waals surface area (Å²) in [5.74, 6) is 0.123. The molecule has 19 heavy (non-hydrogen) atoms. The van der Waals surface area contributed by atoms with Crippen LogP contribution in [0.5, 0.6) is 0 Å². The van der Waals surface area contributed by atoms with Crippen molar-refractivity contribution in [2.75, 3.05) is 6.54 Å². The van der Waals surface area contributed by atoms with Crippen LogP contribution < -0.4 is 0 Å². The van der Waals surface area contributed by atoms with Crippen LogP contribution in [-0.2, 0) is 6.54 Å². The average molecular weight is 254 g/mol. The molecule has 98 valence electrons. The molecule has 1 amide bonds. The highest BCUT2D eigenvalue weighted by atomic mass is 16.2. The van der Waals surface area contributed by atoms with Gasteiger partial charge in [0.1, 0.15) is 0 Å². The quantitative estimate of drug-likeness (QED) is 0.768. The number of fused-ring (bicyclic) bond motifs is 1. The maximum absolute atomic E-state index is 12.5. The normalized spacial score (nSPS) is 18.2. The minimum Gasteiger partial charge on any atom is -0.345 e. The number of hydrogen-bond donors (Lipinski definition) is 0. The number of aromatic nitrogens is 1. The number of carbonyl (C=O) groups is 1.